The Morgan fingerprint density at radius 3 is 2.00 bits per heavy atom. The second-order valence-electron chi connectivity index (χ2n) is 6.72. The van der Waals surface area contributed by atoms with Crippen molar-refractivity contribution in [2.75, 3.05) is 13.1 Å². The van der Waals surface area contributed by atoms with Gasteiger partial charge in [0.05, 0.1) is 5.56 Å². The van der Waals surface area contributed by atoms with Crippen LogP contribution in [0.25, 0.3) is 0 Å². The number of rotatable bonds is 4. The summed E-state index contributed by atoms with van der Waals surface area (Å²) in [7, 11) is 0. The number of carboxylic acids is 2. The van der Waals surface area contributed by atoms with E-state index in [1.165, 1.54) is 17.3 Å². The van der Waals surface area contributed by atoms with Crippen LogP contribution in [0.5, 0.6) is 0 Å². The second-order valence-corrected chi connectivity index (χ2v) is 6.72. The number of likely N-dealkylation sites (tertiary alicyclic amines) is 1. The van der Waals surface area contributed by atoms with Gasteiger partial charge in [0, 0.05) is 31.4 Å². The van der Waals surface area contributed by atoms with Crippen molar-refractivity contribution in [3.05, 3.63) is 23.8 Å². The van der Waals surface area contributed by atoms with Gasteiger partial charge in [0.25, 0.3) is 5.91 Å². The van der Waals surface area contributed by atoms with Crippen LogP contribution in [0, 0.1) is 10.8 Å². The average molecular weight is 317 g/mol. The number of hydrogen-bond acceptors (Lipinski definition) is 5. The summed E-state index contributed by atoms with van der Waals surface area (Å²) < 4.78 is 0. The Morgan fingerprint density at radius 1 is 1.04 bits per heavy atom. The number of amides is 1. The number of piperidine rings is 1. The largest absolute Gasteiger partial charge is 0.481 e. The first-order valence-electron chi connectivity index (χ1n) is 7.48. The molecule has 1 amide bonds. The van der Waals surface area contributed by atoms with Gasteiger partial charge in [-0.2, -0.15) is 0 Å². The van der Waals surface area contributed by atoms with Crippen LogP contribution in [-0.4, -0.2) is 56.0 Å². The van der Waals surface area contributed by atoms with E-state index in [2.05, 4.69) is 9.97 Å². The van der Waals surface area contributed by atoms with Crippen LogP contribution in [0.2, 0.25) is 0 Å². The van der Waals surface area contributed by atoms with Gasteiger partial charge in [-0.25, -0.2) is 9.97 Å². The summed E-state index contributed by atoms with van der Waals surface area (Å²) in [4.78, 5) is 45.1. The van der Waals surface area contributed by atoms with Gasteiger partial charge in [-0.05, 0) is 19.3 Å². The molecule has 1 saturated heterocycles. The SMILES string of the molecule is O=C(c1cnc(C2CC2)nc1)N1C[C@@]2(C(=O)O)C[C@@]2(C(=O)O)C1. The summed E-state index contributed by atoms with van der Waals surface area (Å²) in [5.74, 6) is -1.63. The summed E-state index contributed by atoms with van der Waals surface area (Å²) in [6, 6.07) is 0. The third-order valence-corrected chi connectivity index (χ3v) is 5.28. The fourth-order valence-corrected chi connectivity index (χ4v) is 3.62. The predicted molar refractivity (Wildman–Crippen MR) is 74.7 cm³/mol. The number of hydrogen-bond donors (Lipinski definition) is 2. The first-order chi connectivity index (χ1) is 10.9. The summed E-state index contributed by atoms with van der Waals surface area (Å²) in [6.07, 6.45) is 5.07. The Bertz CT molecular complexity index is 701. The quantitative estimate of drug-likeness (QED) is 0.822. The molecule has 8 nitrogen and oxygen atoms in total. The highest BCUT2D eigenvalue weighted by Gasteiger charge is 2.81. The molecule has 8 heteroatoms. The smallest absolute Gasteiger partial charge is 0.312 e. The molecule has 1 aromatic heterocycles. The van der Waals surface area contributed by atoms with E-state index in [1.54, 1.807) is 0 Å². The molecule has 23 heavy (non-hydrogen) atoms. The van der Waals surface area contributed by atoms with Crippen molar-refractivity contribution in [3.63, 3.8) is 0 Å². The Labute approximate surface area is 131 Å². The lowest BCUT2D eigenvalue weighted by atomic mass is 9.97. The van der Waals surface area contributed by atoms with E-state index in [1.807, 2.05) is 0 Å². The van der Waals surface area contributed by atoms with Crippen molar-refractivity contribution in [3.8, 4) is 0 Å². The summed E-state index contributed by atoms with van der Waals surface area (Å²) in [5.41, 5.74) is -2.45. The molecule has 2 atom stereocenters. The van der Waals surface area contributed by atoms with Crippen molar-refractivity contribution >= 4 is 17.8 Å². The molecule has 2 aliphatic carbocycles. The Balaban J connectivity index is 1.56. The fourth-order valence-electron chi connectivity index (χ4n) is 3.62. The van der Waals surface area contributed by atoms with E-state index < -0.39 is 28.7 Å². The minimum absolute atomic E-state index is 0.0750. The van der Waals surface area contributed by atoms with Crippen LogP contribution < -0.4 is 0 Å². The molecule has 0 bridgehead atoms. The maximum atomic E-state index is 12.5. The maximum Gasteiger partial charge on any atom is 0.312 e. The van der Waals surface area contributed by atoms with Crippen molar-refractivity contribution in [1.29, 1.82) is 0 Å². The molecule has 0 spiro atoms. The van der Waals surface area contributed by atoms with Crippen LogP contribution in [0.15, 0.2) is 12.4 Å². The number of carbonyl (C=O) groups excluding carboxylic acids is 1. The Morgan fingerprint density at radius 2 is 1.57 bits per heavy atom. The van der Waals surface area contributed by atoms with Gasteiger partial charge < -0.3 is 15.1 Å². The zero-order valence-electron chi connectivity index (χ0n) is 12.2. The first kappa shape index (κ1) is 14.1. The number of aromatic nitrogens is 2. The highest BCUT2D eigenvalue weighted by molar-refractivity contribution is 5.99. The molecule has 1 aliphatic heterocycles. The van der Waals surface area contributed by atoms with Gasteiger partial charge in [0.1, 0.15) is 16.7 Å². The summed E-state index contributed by atoms with van der Waals surface area (Å²) in [6.45, 7) is -0.171. The first-order valence-corrected chi connectivity index (χ1v) is 7.48. The van der Waals surface area contributed by atoms with Crippen molar-refractivity contribution in [2.24, 2.45) is 10.8 Å². The van der Waals surface area contributed by atoms with E-state index in [0.29, 0.717) is 5.92 Å². The highest BCUT2D eigenvalue weighted by Crippen LogP contribution is 2.68. The van der Waals surface area contributed by atoms with E-state index in [4.69, 9.17) is 0 Å². The van der Waals surface area contributed by atoms with Gasteiger partial charge in [0.2, 0.25) is 0 Å². The van der Waals surface area contributed by atoms with E-state index in [0.717, 1.165) is 18.7 Å². The van der Waals surface area contributed by atoms with Crippen molar-refractivity contribution in [2.45, 2.75) is 25.2 Å². The van der Waals surface area contributed by atoms with E-state index in [-0.39, 0.29) is 25.1 Å². The lowest BCUT2D eigenvalue weighted by Crippen LogP contribution is -2.34. The van der Waals surface area contributed by atoms with Crippen molar-refractivity contribution < 1.29 is 24.6 Å². The number of carboxylic acid groups (broad SMARTS) is 2. The molecule has 1 aromatic rings. The number of fused-ring (bicyclic) bond motifs is 1. The lowest BCUT2D eigenvalue weighted by molar-refractivity contribution is -0.151. The molecular formula is C15H15N3O5. The molecule has 0 unspecified atom stereocenters. The third-order valence-electron chi connectivity index (χ3n) is 5.28. The van der Waals surface area contributed by atoms with Crippen LogP contribution >= 0.6 is 0 Å². The van der Waals surface area contributed by atoms with Gasteiger partial charge in [-0.3, -0.25) is 14.4 Å². The maximum absolute atomic E-state index is 12.5. The lowest BCUT2D eigenvalue weighted by Gasteiger charge is -2.19. The van der Waals surface area contributed by atoms with Crippen LogP contribution in [-0.2, 0) is 9.59 Å². The molecule has 3 fully saturated rings. The molecular weight excluding hydrogens is 302 g/mol. The summed E-state index contributed by atoms with van der Waals surface area (Å²) in [5, 5.41) is 18.8. The zero-order chi connectivity index (χ0) is 16.4. The van der Waals surface area contributed by atoms with E-state index >= 15 is 0 Å². The van der Waals surface area contributed by atoms with Gasteiger partial charge >= 0.3 is 11.9 Å². The number of aliphatic carboxylic acids is 2. The molecule has 120 valence electrons. The minimum Gasteiger partial charge on any atom is -0.481 e. The second kappa shape index (κ2) is 4.27. The monoisotopic (exact) mass is 317 g/mol. The third kappa shape index (κ3) is 1.80. The van der Waals surface area contributed by atoms with Crippen LogP contribution in [0.4, 0.5) is 0 Å². The highest BCUT2D eigenvalue weighted by atomic mass is 16.4. The Kier molecular flexibility index (Phi) is 2.62. The number of carbonyl (C=O) groups is 3. The standard InChI is InChI=1S/C15H15N3O5/c19-11(9-3-16-10(17-4-9)8-1-2-8)18-6-14(12(20)21)5-15(14,7-18)13(22)23/h3-4,8H,1-2,5-7H2,(H,20,21)(H,22,23)/t14-,15+. The van der Waals surface area contributed by atoms with E-state index in [9.17, 15) is 24.6 Å². The zero-order valence-corrected chi connectivity index (χ0v) is 12.2. The predicted octanol–water partition coefficient (Wildman–Crippen LogP) is 0.356. The normalized spacial score (nSPS) is 31.6. The fraction of sp³-hybridized carbons (Fsp3) is 0.533. The molecule has 0 radical (unpaired) electrons. The minimum atomic E-state index is -1.36. The molecule has 2 N–H and O–H groups in total. The van der Waals surface area contributed by atoms with Gasteiger partial charge in [-0.15, -0.1) is 0 Å². The molecule has 4 rings (SSSR count). The number of nitrogens with zero attached hydrogens (tertiary/aromatic N) is 3. The van der Waals surface area contributed by atoms with Crippen molar-refractivity contribution in [1.82, 2.24) is 14.9 Å². The van der Waals surface area contributed by atoms with Gasteiger partial charge in [-0.1, -0.05) is 0 Å². The molecule has 0 aromatic carbocycles. The van der Waals surface area contributed by atoms with Crippen LogP contribution in [0.3, 0.4) is 0 Å². The molecule has 2 heterocycles. The molecule has 3 aliphatic rings. The van der Waals surface area contributed by atoms with Gasteiger partial charge in [0.15, 0.2) is 0 Å². The Hall–Kier alpha value is -2.51. The summed E-state index contributed by atoms with van der Waals surface area (Å²) >= 11 is 0. The average Bonchev–Trinajstić information content (AvgIpc) is 3.44. The molecule has 2 saturated carbocycles. The topological polar surface area (TPSA) is 121 Å². The van der Waals surface area contributed by atoms with Crippen LogP contribution in [0.1, 0.15) is 41.4 Å².